The molecule has 1 aliphatic rings. The molecule has 19 heteroatoms. The smallest absolute Gasteiger partial charge is 1.00 e. The van der Waals surface area contributed by atoms with E-state index < -0.39 is 0 Å². The summed E-state index contributed by atoms with van der Waals surface area (Å²) in [6.45, 7) is 21.8. The summed E-state index contributed by atoms with van der Waals surface area (Å²) >= 11 is 5.35. The Labute approximate surface area is 515 Å². The normalized spacial score (nSPS) is 10.2. The van der Waals surface area contributed by atoms with Crippen molar-refractivity contribution < 1.29 is 90.8 Å². The van der Waals surface area contributed by atoms with E-state index in [1.807, 2.05) is 141 Å². The summed E-state index contributed by atoms with van der Waals surface area (Å²) in [5.41, 5.74) is 20.7. The van der Waals surface area contributed by atoms with E-state index in [1.165, 1.54) is 43.5 Å². The fourth-order valence-electron chi connectivity index (χ4n) is 4.62. The molecule has 5 aromatic carbocycles. The number of rotatable bonds is 19. The number of halogens is 2. The van der Waals surface area contributed by atoms with Crippen LogP contribution in [0.1, 0.15) is 38.8 Å². The number of likely N-dealkylation sites (N-methyl/N-ethyl adjacent to an activating group) is 4. The Hall–Kier alpha value is -3.86. The van der Waals surface area contributed by atoms with Crippen molar-refractivity contribution >= 4 is 23.0 Å². The maximum atomic E-state index is 12.2. The van der Waals surface area contributed by atoms with Crippen molar-refractivity contribution in [1.29, 1.82) is 0 Å². The van der Waals surface area contributed by atoms with Gasteiger partial charge in [-0.05, 0) is 148 Å². The van der Waals surface area contributed by atoms with Crippen molar-refractivity contribution in [2.45, 2.75) is 38.9 Å². The first kappa shape index (κ1) is 79.6. The maximum Gasteiger partial charge on any atom is 1.00 e. The van der Waals surface area contributed by atoms with Gasteiger partial charge in [0.05, 0.1) is 19.8 Å². The van der Waals surface area contributed by atoms with E-state index in [4.69, 9.17) is 66.4 Å². The van der Waals surface area contributed by atoms with Gasteiger partial charge in [0.1, 0.15) is 48.6 Å². The molecule has 0 amide bonds. The quantitative estimate of drug-likeness (QED) is 0.0465. The minimum absolute atomic E-state index is 0. The topological polar surface area (TPSA) is 171 Å². The van der Waals surface area contributed by atoms with E-state index >= 15 is 0 Å². The zero-order valence-electron chi connectivity index (χ0n) is 50.6. The maximum absolute atomic E-state index is 12.2. The number of nitrogens with zero attached hydrogens (tertiary/aromatic N) is 7. The number of phenolic OH excluding ortho intramolecular Hbond substituents is 1. The molecule has 0 radical (unpaired) electrons. The number of aliphatic hydroxyl groups is 1. The number of ether oxygens (including phenoxy) is 3. The minimum atomic E-state index is -0.216. The van der Waals surface area contributed by atoms with Crippen molar-refractivity contribution in [1.82, 2.24) is 24.5 Å². The fourth-order valence-corrected chi connectivity index (χ4v) is 4.95. The molecule has 77 heavy (non-hydrogen) atoms. The van der Waals surface area contributed by atoms with Crippen LogP contribution in [-0.2, 0) is 19.6 Å². The molecule has 420 valence electrons. The summed E-state index contributed by atoms with van der Waals surface area (Å²) in [5, 5.41) is 16.9. The first-order valence-electron chi connectivity index (χ1n) is 24.8. The van der Waals surface area contributed by atoms with Crippen LogP contribution in [0.3, 0.4) is 0 Å². The Bertz CT molecular complexity index is 2090. The number of aromatic hydroxyl groups is 1. The molecule has 1 fully saturated rings. The molecule has 6 rings (SSSR count). The molecule has 0 spiro atoms. The average molecular weight is 1110 g/mol. The number of hydrogen-bond donors (Lipinski definition) is 5. The molecule has 5 aromatic rings. The second-order valence-electron chi connectivity index (χ2n) is 17.8. The second-order valence-corrected chi connectivity index (χ2v) is 18.2. The number of alkyl halides is 1. The predicted molar refractivity (Wildman–Crippen MR) is 313 cm³/mol. The summed E-state index contributed by atoms with van der Waals surface area (Å²) in [4.78, 5) is 16.7. The Kier molecular flexibility index (Phi) is 56.0. The van der Waals surface area contributed by atoms with Gasteiger partial charge < -0.3 is 69.0 Å². The van der Waals surface area contributed by atoms with Crippen LogP contribution < -0.4 is 90.5 Å². The standard InChI is InChI=1S/C11H14N2O.2C11H18N2O.C7H8FN.C7H5NO.C4H10ClN.C4H11NO.C3H6.2Na.2H/c1-12-10-4-6-11(7-5-10)14-9-8-13(2)3;2*1-13(2)7-8-14-11-5-3-10(9-12)4-6-11;8-7-3-1-6(5-9)2-4-7;1-8-6-2-4-7(9)5-3-6;1-6(2)4-3-5;1-5(2)3-4-6;1-2-3-1;;;;/h4-7H,8-9H2,2-3H3;2*3-6H,7-9,12H2,1-2H3;1-4H,5,9H2;2-5,9H;3-4H2,1-2H3;6H,3-4H2,1-2H3;1-3H2;;;;/q;;;;;;;;2*+1;2*-1. The summed E-state index contributed by atoms with van der Waals surface area (Å²) in [6.07, 6.45) is 4.50. The van der Waals surface area contributed by atoms with Crippen molar-refractivity contribution in [3.63, 3.8) is 0 Å². The molecule has 1 saturated carbocycles. The van der Waals surface area contributed by atoms with Gasteiger partial charge in [-0.2, -0.15) is 0 Å². The van der Waals surface area contributed by atoms with Crippen LogP contribution in [0.2, 0.25) is 0 Å². The van der Waals surface area contributed by atoms with Crippen molar-refractivity contribution in [2.75, 3.05) is 136 Å². The van der Waals surface area contributed by atoms with Gasteiger partial charge in [-0.1, -0.05) is 79.9 Å². The van der Waals surface area contributed by atoms with Gasteiger partial charge in [0.15, 0.2) is 11.4 Å². The molecular formula is C58H92ClFN10Na2O5. The molecule has 0 unspecified atom stereocenters. The van der Waals surface area contributed by atoms with Gasteiger partial charge in [0, 0.05) is 58.2 Å². The number of phenols is 1. The van der Waals surface area contributed by atoms with Gasteiger partial charge in [-0.15, -0.1) is 11.6 Å². The van der Waals surface area contributed by atoms with E-state index in [9.17, 15) is 4.39 Å². The van der Waals surface area contributed by atoms with Crippen LogP contribution in [0.5, 0.6) is 23.0 Å². The van der Waals surface area contributed by atoms with Crippen LogP contribution >= 0.6 is 11.6 Å². The molecule has 0 heterocycles. The van der Waals surface area contributed by atoms with E-state index in [-0.39, 0.29) is 80.1 Å². The molecule has 15 nitrogen and oxygen atoms in total. The second kappa shape index (κ2) is 54.1. The fraction of sp³-hybridized carbons (Fsp3) is 0.448. The number of aliphatic hydroxyl groups excluding tert-OH is 1. The Morgan fingerprint density at radius 1 is 0.481 bits per heavy atom. The van der Waals surface area contributed by atoms with Gasteiger partial charge in [-0.25, -0.2) is 14.1 Å². The molecule has 8 N–H and O–H groups in total. The zero-order chi connectivity index (χ0) is 56.7. The van der Waals surface area contributed by atoms with Crippen molar-refractivity contribution in [3.05, 3.63) is 167 Å². The number of nitrogens with two attached hydrogens (primary N) is 3. The summed E-state index contributed by atoms with van der Waals surface area (Å²) in [5.74, 6) is 3.34. The summed E-state index contributed by atoms with van der Waals surface area (Å²) in [7, 11) is 20.0. The summed E-state index contributed by atoms with van der Waals surface area (Å²) < 4.78 is 28.7. The monoisotopic (exact) mass is 1110 g/mol. The zero-order valence-corrected chi connectivity index (χ0v) is 53.4. The van der Waals surface area contributed by atoms with Crippen LogP contribution in [0.4, 0.5) is 15.8 Å². The number of benzene rings is 5. The molecule has 1 aliphatic carbocycles. The largest absolute Gasteiger partial charge is 1.00 e. The van der Waals surface area contributed by atoms with E-state index in [2.05, 4.69) is 24.4 Å². The third-order valence-electron chi connectivity index (χ3n) is 9.27. The Morgan fingerprint density at radius 3 is 0.961 bits per heavy atom. The van der Waals surface area contributed by atoms with Crippen molar-refractivity contribution in [3.8, 4) is 23.0 Å². The Balaban J connectivity index is -0.000000197. The van der Waals surface area contributed by atoms with Crippen molar-refractivity contribution in [2.24, 2.45) is 17.2 Å². The first-order valence-corrected chi connectivity index (χ1v) is 25.3. The van der Waals surface area contributed by atoms with Gasteiger partial charge in [0.2, 0.25) is 0 Å². The molecule has 0 aliphatic heterocycles. The third kappa shape index (κ3) is 53.9. The van der Waals surface area contributed by atoms with Crippen LogP contribution in [0.25, 0.3) is 9.69 Å². The molecule has 0 saturated heterocycles. The molecule has 0 atom stereocenters. The molecular weight excluding hydrogens is 1020 g/mol. The SMILES string of the molecule is C1CC1.CN(C)CCCl.CN(C)CCO.CN(C)CCOc1ccc(CN)cc1.CN(C)CCOc1ccc(CN)cc1.NCc1ccc(F)cc1.[C-]#[N+]c1ccc(O)cc1.[C-]#[N+]c1ccc(OCCN(C)C)cc1.[H-].[H-].[Na+].[Na+]. The van der Waals surface area contributed by atoms with Gasteiger partial charge >= 0.3 is 59.1 Å². The minimum Gasteiger partial charge on any atom is -1.00 e. The first-order chi connectivity index (χ1) is 35.9. The summed E-state index contributed by atoms with van der Waals surface area (Å²) in [6, 6.07) is 35.2. The van der Waals surface area contributed by atoms with E-state index in [0.717, 1.165) is 85.8 Å². The Morgan fingerprint density at radius 2 is 0.753 bits per heavy atom. The van der Waals surface area contributed by atoms with Crippen LogP contribution in [0, 0.1) is 19.0 Å². The average Bonchev–Trinajstić information content (AvgIpc) is 4.29. The van der Waals surface area contributed by atoms with E-state index in [0.29, 0.717) is 37.6 Å². The van der Waals surface area contributed by atoms with E-state index in [1.54, 1.807) is 36.4 Å². The number of hydrogen-bond acceptors (Lipinski definition) is 13. The van der Waals surface area contributed by atoms with Gasteiger partial charge in [0.25, 0.3) is 0 Å². The third-order valence-corrected chi connectivity index (χ3v) is 9.43. The predicted octanol–water partition coefficient (Wildman–Crippen LogP) is 3.31. The molecule has 0 bridgehead atoms. The molecule has 0 aromatic heterocycles. The van der Waals surface area contributed by atoms with Crippen LogP contribution in [0.15, 0.2) is 121 Å². The van der Waals surface area contributed by atoms with Gasteiger partial charge in [-0.3, -0.25) is 0 Å². The van der Waals surface area contributed by atoms with Crippen LogP contribution in [-0.4, -0.2) is 170 Å².